The highest BCUT2D eigenvalue weighted by molar-refractivity contribution is 7.89. The number of rotatable bonds is 6. The molecule has 0 bridgehead atoms. The predicted octanol–water partition coefficient (Wildman–Crippen LogP) is 1.44. The third-order valence-electron chi connectivity index (χ3n) is 3.77. The fraction of sp³-hybridized carbons (Fsp3) is 0.643. The van der Waals surface area contributed by atoms with Gasteiger partial charge in [0.15, 0.2) is 0 Å². The molecule has 1 aliphatic heterocycles. The van der Waals surface area contributed by atoms with Crippen molar-refractivity contribution in [3.8, 4) is 0 Å². The number of nitrogens with zero attached hydrogens (tertiary/aromatic N) is 2. The average molecular weight is 313 g/mol. The Morgan fingerprint density at radius 3 is 3.00 bits per heavy atom. The Hall–Kier alpha value is -1.18. The molecule has 2 rings (SSSR count). The quantitative estimate of drug-likeness (QED) is 0.830. The van der Waals surface area contributed by atoms with E-state index in [1.807, 2.05) is 6.92 Å². The first-order chi connectivity index (χ1) is 10.1. The Kier molecular flexibility index (Phi) is 5.55. The van der Waals surface area contributed by atoms with Crippen molar-refractivity contribution < 1.29 is 13.5 Å². The van der Waals surface area contributed by atoms with Gasteiger partial charge in [-0.05, 0) is 32.3 Å². The molecule has 0 aromatic carbocycles. The molecule has 1 fully saturated rings. The second-order valence-electron chi connectivity index (χ2n) is 5.18. The van der Waals surface area contributed by atoms with E-state index in [0.717, 1.165) is 19.3 Å². The molecule has 7 heteroatoms. The van der Waals surface area contributed by atoms with E-state index in [4.69, 9.17) is 5.11 Å². The van der Waals surface area contributed by atoms with Gasteiger partial charge in [0.1, 0.15) is 4.90 Å². The van der Waals surface area contributed by atoms with Crippen LogP contribution in [-0.4, -0.2) is 48.6 Å². The fourth-order valence-corrected chi connectivity index (χ4v) is 4.61. The van der Waals surface area contributed by atoms with Crippen molar-refractivity contribution in [2.24, 2.45) is 0 Å². The Labute approximate surface area is 126 Å². The van der Waals surface area contributed by atoms with Gasteiger partial charge in [-0.15, -0.1) is 0 Å². The van der Waals surface area contributed by atoms with Gasteiger partial charge in [-0.3, -0.25) is 4.98 Å². The lowest BCUT2D eigenvalue weighted by molar-refractivity contribution is 0.192. The minimum atomic E-state index is -3.59. The molecule has 21 heavy (non-hydrogen) atoms. The molecule has 1 saturated heterocycles. The molecule has 6 nitrogen and oxygen atoms in total. The lowest BCUT2D eigenvalue weighted by Crippen LogP contribution is -2.44. The van der Waals surface area contributed by atoms with E-state index in [0.29, 0.717) is 25.2 Å². The third kappa shape index (κ3) is 3.53. The second-order valence-corrected chi connectivity index (χ2v) is 7.04. The van der Waals surface area contributed by atoms with Crippen molar-refractivity contribution >= 4 is 15.7 Å². The minimum absolute atomic E-state index is 0.00376. The summed E-state index contributed by atoms with van der Waals surface area (Å²) in [6.45, 7) is 3.08. The highest BCUT2D eigenvalue weighted by Gasteiger charge is 2.34. The van der Waals surface area contributed by atoms with E-state index in [2.05, 4.69) is 10.3 Å². The monoisotopic (exact) mass is 313 g/mol. The highest BCUT2D eigenvalue weighted by atomic mass is 32.2. The highest BCUT2D eigenvalue weighted by Crippen LogP contribution is 2.30. The van der Waals surface area contributed by atoms with Crippen LogP contribution in [0.5, 0.6) is 0 Å². The molecular weight excluding hydrogens is 290 g/mol. The maximum Gasteiger partial charge on any atom is 0.246 e. The summed E-state index contributed by atoms with van der Waals surface area (Å²) in [5, 5.41) is 12.2. The maximum atomic E-state index is 12.9. The van der Waals surface area contributed by atoms with Crippen LogP contribution in [0.1, 0.15) is 32.6 Å². The number of sulfonamides is 1. The molecule has 2 N–H and O–H groups in total. The van der Waals surface area contributed by atoms with Gasteiger partial charge in [-0.25, -0.2) is 8.42 Å². The van der Waals surface area contributed by atoms with Crippen LogP contribution in [0.25, 0.3) is 0 Å². The second kappa shape index (κ2) is 7.20. The topological polar surface area (TPSA) is 82.5 Å². The summed E-state index contributed by atoms with van der Waals surface area (Å²) in [7, 11) is -3.59. The SMILES string of the molecule is CCNc1ccncc1S(=O)(=O)N1CCCCC1CCO. The van der Waals surface area contributed by atoms with Gasteiger partial charge in [0.2, 0.25) is 10.0 Å². The maximum absolute atomic E-state index is 12.9. The Morgan fingerprint density at radius 1 is 1.48 bits per heavy atom. The van der Waals surface area contributed by atoms with Crippen molar-refractivity contribution in [2.45, 2.75) is 43.5 Å². The molecule has 0 radical (unpaired) electrons. The molecule has 1 unspecified atom stereocenters. The Bertz CT molecular complexity index is 560. The van der Waals surface area contributed by atoms with Crippen molar-refractivity contribution in [3.05, 3.63) is 18.5 Å². The minimum Gasteiger partial charge on any atom is -0.396 e. The van der Waals surface area contributed by atoms with E-state index in [1.165, 1.54) is 10.5 Å². The van der Waals surface area contributed by atoms with E-state index in [-0.39, 0.29) is 17.5 Å². The van der Waals surface area contributed by atoms with Crippen LogP contribution >= 0.6 is 0 Å². The van der Waals surface area contributed by atoms with E-state index in [9.17, 15) is 8.42 Å². The smallest absolute Gasteiger partial charge is 0.246 e. The van der Waals surface area contributed by atoms with Crippen molar-refractivity contribution in [1.29, 1.82) is 0 Å². The first-order valence-corrected chi connectivity index (χ1v) is 8.85. The van der Waals surface area contributed by atoms with Crippen LogP contribution in [0.3, 0.4) is 0 Å². The van der Waals surface area contributed by atoms with Crippen molar-refractivity contribution in [1.82, 2.24) is 9.29 Å². The number of hydrogen-bond acceptors (Lipinski definition) is 5. The molecule has 1 aromatic heterocycles. The summed E-state index contributed by atoms with van der Waals surface area (Å²) in [4.78, 5) is 4.18. The molecule has 2 heterocycles. The van der Waals surface area contributed by atoms with Gasteiger partial charge in [0.25, 0.3) is 0 Å². The third-order valence-corrected chi connectivity index (χ3v) is 5.75. The Balaban J connectivity index is 2.36. The predicted molar refractivity (Wildman–Crippen MR) is 81.6 cm³/mol. The summed E-state index contributed by atoms with van der Waals surface area (Å²) in [6.07, 6.45) is 6.13. The summed E-state index contributed by atoms with van der Waals surface area (Å²) in [5.41, 5.74) is 0.584. The van der Waals surface area contributed by atoms with Gasteiger partial charge in [0.05, 0.1) is 5.69 Å². The number of nitrogens with one attached hydrogen (secondary N) is 1. The summed E-state index contributed by atoms with van der Waals surface area (Å²) in [6, 6.07) is 1.56. The van der Waals surface area contributed by atoms with Crippen LogP contribution < -0.4 is 5.32 Å². The number of aromatic nitrogens is 1. The van der Waals surface area contributed by atoms with Crippen LogP contribution in [-0.2, 0) is 10.0 Å². The number of aliphatic hydroxyl groups is 1. The Morgan fingerprint density at radius 2 is 2.29 bits per heavy atom. The van der Waals surface area contributed by atoms with Gasteiger partial charge in [-0.2, -0.15) is 4.31 Å². The van der Waals surface area contributed by atoms with Gasteiger partial charge < -0.3 is 10.4 Å². The largest absolute Gasteiger partial charge is 0.396 e. The number of anilines is 1. The average Bonchev–Trinajstić information content (AvgIpc) is 2.49. The zero-order valence-electron chi connectivity index (χ0n) is 12.3. The molecule has 1 atom stereocenters. The lowest BCUT2D eigenvalue weighted by atomic mass is 10.0. The first kappa shape index (κ1) is 16.2. The lowest BCUT2D eigenvalue weighted by Gasteiger charge is -2.34. The molecule has 0 aliphatic carbocycles. The van der Waals surface area contributed by atoms with E-state index >= 15 is 0 Å². The van der Waals surface area contributed by atoms with Gasteiger partial charge in [0, 0.05) is 38.1 Å². The zero-order chi connectivity index (χ0) is 15.3. The number of piperidine rings is 1. The zero-order valence-corrected chi connectivity index (χ0v) is 13.1. The molecular formula is C14H23N3O3S. The molecule has 1 aliphatic rings. The number of pyridine rings is 1. The summed E-state index contributed by atoms with van der Waals surface area (Å²) < 4.78 is 27.4. The van der Waals surface area contributed by atoms with E-state index < -0.39 is 10.0 Å². The first-order valence-electron chi connectivity index (χ1n) is 7.41. The van der Waals surface area contributed by atoms with Crippen molar-refractivity contribution in [2.75, 3.05) is 25.0 Å². The van der Waals surface area contributed by atoms with Crippen LogP contribution in [0.15, 0.2) is 23.4 Å². The van der Waals surface area contributed by atoms with Crippen LogP contribution in [0.2, 0.25) is 0 Å². The number of hydrogen-bond donors (Lipinski definition) is 2. The van der Waals surface area contributed by atoms with Crippen LogP contribution in [0, 0.1) is 0 Å². The normalized spacial score (nSPS) is 20.4. The van der Waals surface area contributed by atoms with Crippen LogP contribution in [0.4, 0.5) is 5.69 Å². The molecule has 0 spiro atoms. The number of aliphatic hydroxyl groups excluding tert-OH is 1. The molecule has 0 amide bonds. The van der Waals surface area contributed by atoms with Gasteiger partial charge in [-0.1, -0.05) is 6.42 Å². The summed E-state index contributed by atoms with van der Waals surface area (Å²) in [5.74, 6) is 0. The molecule has 118 valence electrons. The van der Waals surface area contributed by atoms with Crippen molar-refractivity contribution in [3.63, 3.8) is 0 Å². The summed E-state index contributed by atoms with van der Waals surface area (Å²) >= 11 is 0. The molecule has 1 aromatic rings. The van der Waals surface area contributed by atoms with Gasteiger partial charge >= 0.3 is 0 Å². The standard InChI is InChI=1S/C14H23N3O3S/c1-2-16-13-6-8-15-11-14(13)21(19,20)17-9-4-3-5-12(17)7-10-18/h6,8,11-12,18H,2-5,7,9-10H2,1H3,(H,15,16). The van der Waals surface area contributed by atoms with E-state index in [1.54, 1.807) is 12.3 Å². The molecule has 0 saturated carbocycles. The fourth-order valence-electron chi connectivity index (χ4n) is 2.78.